The Morgan fingerprint density at radius 1 is 0.767 bits per heavy atom. The van der Waals surface area contributed by atoms with E-state index < -0.39 is 0 Å². The van der Waals surface area contributed by atoms with E-state index in [1.807, 2.05) is 88.4 Å². The third-order valence-electron chi connectivity index (χ3n) is 6.05. The number of nitrogens with zero attached hydrogens (tertiary/aromatic N) is 1. The summed E-state index contributed by atoms with van der Waals surface area (Å²) in [5.74, 6) is -0.192. The molecule has 1 atom stereocenters. The van der Waals surface area contributed by atoms with Gasteiger partial charge in [0.15, 0.2) is 0 Å². The molecule has 4 nitrogen and oxygen atoms in total. The maximum atomic E-state index is 13.3. The molecule has 2 bridgehead atoms. The van der Waals surface area contributed by atoms with Gasteiger partial charge in [-0.05, 0) is 91.9 Å². The summed E-state index contributed by atoms with van der Waals surface area (Å²) in [4.78, 5) is 28.0. The van der Waals surface area contributed by atoms with Crippen molar-refractivity contribution in [2.75, 3.05) is 11.4 Å². The molecule has 0 saturated heterocycles. The normalized spacial score (nSPS) is 15.1. The number of nitrogens with one attached hydrogen (secondary N) is 1. The minimum atomic E-state index is -0.276. The van der Waals surface area contributed by atoms with Crippen LogP contribution in [0.5, 0.6) is 0 Å². The number of anilines is 1. The van der Waals surface area contributed by atoms with Gasteiger partial charge in [0.2, 0.25) is 0 Å². The highest BCUT2D eigenvalue weighted by atomic mass is 16.2. The average molecular weight is 399 g/mol. The molecule has 30 heavy (non-hydrogen) atoms. The highest BCUT2D eigenvalue weighted by molar-refractivity contribution is 6.06. The molecular formula is C26H26N2O2. The molecule has 0 radical (unpaired) electrons. The summed E-state index contributed by atoms with van der Waals surface area (Å²) in [6, 6.07) is 19.0. The molecule has 2 heterocycles. The van der Waals surface area contributed by atoms with Crippen molar-refractivity contribution in [3.05, 3.63) is 99.6 Å². The summed E-state index contributed by atoms with van der Waals surface area (Å²) < 4.78 is 0. The molecule has 3 aromatic carbocycles. The summed E-state index contributed by atoms with van der Waals surface area (Å²) in [5, 5.41) is 3.12. The van der Waals surface area contributed by atoms with Crippen molar-refractivity contribution in [3.63, 3.8) is 0 Å². The highest BCUT2D eigenvalue weighted by Gasteiger charge is 2.27. The number of fused-ring (bicyclic) bond motifs is 4. The fraction of sp³-hybridized carbons (Fsp3) is 0.231. The van der Waals surface area contributed by atoms with Crippen molar-refractivity contribution in [3.8, 4) is 0 Å². The van der Waals surface area contributed by atoms with Gasteiger partial charge < -0.3 is 10.2 Å². The molecule has 2 aliphatic rings. The zero-order chi connectivity index (χ0) is 21.4. The van der Waals surface area contributed by atoms with Crippen LogP contribution in [0.3, 0.4) is 0 Å². The van der Waals surface area contributed by atoms with E-state index in [4.69, 9.17) is 0 Å². The average Bonchev–Trinajstić information content (AvgIpc) is 3.01. The van der Waals surface area contributed by atoms with E-state index in [0.717, 1.165) is 33.5 Å². The first kappa shape index (κ1) is 19.9. The van der Waals surface area contributed by atoms with Crippen LogP contribution in [-0.4, -0.2) is 18.4 Å². The van der Waals surface area contributed by atoms with Gasteiger partial charge >= 0.3 is 0 Å². The Labute approximate surface area is 177 Å². The summed E-state index contributed by atoms with van der Waals surface area (Å²) in [5.41, 5.74) is 7.60. The van der Waals surface area contributed by atoms with Crippen LogP contribution < -0.4 is 10.2 Å². The zero-order valence-electron chi connectivity index (χ0n) is 17.8. The smallest absolute Gasteiger partial charge is 0.258 e. The lowest BCUT2D eigenvalue weighted by atomic mass is 10.0. The molecule has 1 unspecified atom stereocenters. The standard InChI is InChI=1S/C26H26N2O2/c1-16-5-7-21(13-18(16)3)25(29)27-24-15-28(23-11-9-20(24)10-12-23)26(30)22-8-6-17(2)19(4)14-22/h5-14,24H,15H2,1-4H3,(H,27,29). The van der Waals surface area contributed by atoms with Gasteiger partial charge in [0.25, 0.3) is 11.8 Å². The van der Waals surface area contributed by atoms with Crippen molar-refractivity contribution in [1.82, 2.24) is 5.32 Å². The number of hydrogen-bond donors (Lipinski definition) is 1. The number of rotatable bonds is 3. The Kier molecular flexibility index (Phi) is 5.17. The summed E-state index contributed by atoms with van der Waals surface area (Å²) in [6.45, 7) is 8.47. The Morgan fingerprint density at radius 3 is 1.93 bits per heavy atom. The molecule has 0 fully saturated rings. The number of aryl methyl sites for hydroxylation is 4. The monoisotopic (exact) mass is 398 g/mol. The van der Waals surface area contributed by atoms with Crippen LogP contribution in [0.15, 0.2) is 60.7 Å². The molecule has 3 aromatic rings. The van der Waals surface area contributed by atoms with E-state index in [0.29, 0.717) is 17.7 Å². The summed E-state index contributed by atoms with van der Waals surface area (Å²) in [7, 11) is 0. The van der Waals surface area contributed by atoms with E-state index in [1.54, 1.807) is 4.90 Å². The maximum absolute atomic E-state index is 13.3. The SMILES string of the molecule is Cc1ccc(C(=O)NC2CN(C(=O)c3ccc(C)c(C)c3)c3ccc2cc3)cc1C. The van der Waals surface area contributed by atoms with Gasteiger partial charge in [0.1, 0.15) is 0 Å². The van der Waals surface area contributed by atoms with Gasteiger partial charge in [-0.25, -0.2) is 0 Å². The fourth-order valence-corrected chi connectivity index (χ4v) is 3.76. The van der Waals surface area contributed by atoms with Gasteiger partial charge in [-0.3, -0.25) is 9.59 Å². The Balaban J connectivity index is 1.59. The summed E-state index contributed by atoms with van der Waals surface area (Å²) in [6.07, 6.45) is 0. The summed E-state index contributed by atoms with van der Waals surface area (Å²) >= 11 is 0. The van der Waals surface area contributed by atoms with Gasteiger partial charge in [-0.15, -0.1) is 0 Å². The van der Waals surface area contributed by atoms with E-state index in [1.165, 1.54) is 0 Å². The second kappa shape index (κ2) is 7.79. The van der Waals surface area contributed by atoms with Crippen molar-refractivity contribution < 1.29 is 9.59 Å². The van der Waals surface area contributed by atoms with E-state index in [-0.39, 0.29) is 17.9 Å². The van der Waals surface area contributed by atoms with Crippen LogP contribution in [0, 0.1) is 27.7 Å². The fourth-order valence-electron chi connectivity index (χ4n) is 3.76. The molecule has 2 amide bonds. The van der Waals surface area contributed by atoms with Gasteiger partial charge in [0, 0.05) is 16.8 Å². The molecule has 1 N–H and O–H groups in total. The zero-order valence-corrected chi connectivity index (χ0v) is 17.8. The minimum absolute atomic E-state index is 0.0593. The largest absolute Gasteiger partial charge is 0.343 e. The van der Waals surface area contributed by atoms with Crippen molar-refractivity contribution in [1.29, 1.82) is 0 Å². The molecule has 2 aliphatic heterocycles. The number of benzene rings is 3. The molecule has 0 aromatic heterocycles. The molecule has 5 rings (SSSR count). The number of amides is 2. The molecule has 0 aliphatic carbocycles. The lowest BCUT2D eigenvalue weighted by molar-refractivity contribution is 0.0925. The van der Waals surface area contributed by atoms with Gasteiger partial charge in [0.05, 0.1) is 12.6 Å². The highest BCUT2D eigenvalue weighted by Crippen LogP contribution is 2.29. The van der Waals surface area contributed by atoms with E-state index in [2.05, 4.69) is 5.32 Å². The Bertz CT molecular complexity index is 1130. The second-order valence-electron chi connectivity index (χ2n) is 8.13. The van der Waals surface area contributed by atoms with Crippen LogP contribution in [0.4, 0.5) is 5.69 Å². The first-order valence-electron chi connectivity index (χ1n) is 10.2. The van der Waals surface area contributed by atoms with Crippen LogP contribution >= 0.6 is 0 Å². The Hall–Kier alpha value is -3.40. The van der Waals surface area contributed by atoms with Crippen LogP contribution in [0.25, 0.3) is 0 Å². The molecular weight excluding hydrogens is 372 g/mol. The van der Waals surface area contributed by atoms with Crippen LogP contribution in [0.2, 0.25) is 0 Å². The van der Waals surface area contributed by atoms with Crippen LogP contribution in [-0.2, 0) is 0 Å². The minimum Gasteiger partial charge on any atom is -0.343 e. The van der Waals surface area contributed by atoms with Gasteiger partial charge in [-0.1, -0.05) is 24.3 Å². The van der Waals surface area contributed by atoms with Gasteiger partial charge in [-0.2, -0.15) is 0 Å². The predicted octanol–water partition coefficient (Wildman–Crippen LogP) is 5.05. The van der Waals surface area contributed by atoms with Crippen molar-refractivity contribution in [2.24, 2.45) is 0 Å². The van der Waals surface area contributed by atoms with Crippen molar-refractivity contribution >= 4 is 17.5 Å². The van der Waals surface area contributed by atoms with Crippen LogP contribution in [0.1, 0.15) is 54.6 Å². The lowest BCUT2D eigenvalue weighted by Crippen LogP contribution is -2.39. The van der Waals surface area contributed by atoms with E-state index >= 15 is 0 Å². The third kappa shape index (κ3) is 3.73. The predicted molar refractivity (Wildman–Crippen MR) is 120 cm³/mol. The lowest BCUT2D eigenvalue weighted by Gasteiger charge is -2.25. The molecule has 152 valence electrons. The quantitative estimate of drug-likeness (QED) is 0.671. The second-order valence-corrected chi connectivity index (χ2v) is 8.13. The number of hydrogen-bond acceptors (Lipinski definition) is 2. The number of carbonyl (C=O) groups is 2. The van der Waals surface area contributed by atoms with E-state index in [9.17, 15) is 9.59 Å². The number of carbonyl (C=O) groups excluding carboxylic acids is 2. The topological polar surface area (TPSA) is 49.4 Å². The molecule has 0 spiro atoms. The first-order valence-corrected chi connectivity index (χ1v) is 10.2. The van der Waals surface area contributed by atoms with Crippen molar-refractivity contribution in [2.45, 2.75) is 33.7 Å². The first-order chi connectivity index (χ1) is 14.3. The third-order valence-corrected chi connectivity index (χ3v) is 6.05. The maximum Gasteiger partial charge on any atom is 0.258 e. The molecule has 0 saturated carbocycles. The molecule has 4 heteroatoms. The Morgan fingerprint density at radius 2 is 1.33 bits per heavy atom.